The highest BCUT2D eigenvalue weighted by Gasteiger charge is 2.08. The molecule has 0 spiro atoms. The summed E-state index contributed by atoms with van der Waals surface area (Å²) in [7, 11) is 0. The monoisotopic (exact) mass is 282 g/mol. The fourth-order valence-corrected chi connectivity index (χ4v) is 2.31. The number of rotatable bonds is 5. The lowest BCUT2D eigenvalue weighted by Crippen LogP contribution is -2.21. The number of aliphatic hydroxyl groups is 1. The summed E-state index contributed by atoms with van der Waals surface area (Å²) in [4.78, 5) is 8.32. The van der Waals surface area contributed by atoms with Gasteiger partial charge in [0.05, 0.1) is 18.0 Å². The third kappa shape index (κ3) is 3.09. The smallest absolute Gasteiger partial charge is 0.136 e. The molecular formula is C16H18N4O. The van der Waals surface area contributed by atoms with Gasteiger partial charge in [0.2, 0.25) is 0 Å². The number of aryl methyl sites for hydroxylation is 1. The molecule has 108 valence electrons. The van der Waals surface area contributed by atoms with Gasteiger partial charge < -0.3 is 14.8 Å². The van der Waals surface area contributed by atoms with Crippen LogP contribution in [0.4, 0.5) is 0 Å². The minimum atomic E-state index is -0.533. The fourth-order valence-electron chi connectivity index (χ4n) is 2.31. The Morgan fingerprint density at radius 1 is 1.24 bits per heavy atom. The minimum absolute atomic E-state index is 0.489. The molecule has 0 saturated carbocycles. The van der Waals surface area contributed by atoms with Gasteiger partial charge in [0.15, 0.2) is 0 Å². The molecule has 0 saturated heterocycles. The summed E-state index contributed by atoms with van der Waals surface area (Å²) < 4.78 is 2.07. The van der Waals surface area contributed by atoms with Crippen LogP contribution in [0.5, 0.6) is 0 Å². The van der Waals surface area contributed by atoms with Crippen LogP contribution < -0.4 is 5.32 Å². The van der Waals surface area contributed by atoms with Gasteiger partial charge >= 0.3 is 0 Å². The quantitative estimate of drug-likeness (QED) is 0.750. The number of fused-ring (bicyclic) bond motifs is 1. The second kappa shape index (κ2) is 6.03. The Morgan fingerprint density at radius 2 is 2.05 bits per heavy atom. The van der Waals surface area contributed by atoms with E-state index in [9.17, 15) is 5.11 Å². The van der Waals surface area contributed by atoms with E-state index in [1.165, 1.54) is 5.56 Å². The molecule has 1 unspecified atom stereocenters. The lowest BCUT2D eigenvalue weighted by Gasteiger charge is -2.11. The molecule has 0 aliphatic carbocycles. The van der Waals surface area contributed by atoms with Crippen molar-refractivity contribution < 1.29 is 5.11 Å². The number of nitrogens with one attached hydrogen (secondary N) is 1. The van der Waals surface area contributed by atoms with E-state index in [0.29, 0.717) is 13.1 Å². The number of hydrogen-bond donors (Lipinski definition) is 2. The number of imidazole rings is 1. The lowest BCUT2D eigenvalue weighted by molar-refractivity contribution is 0.174. The van der Waals surface area contributed by atoms with Crippen LogP contribution in [-0.2, 0) is 6.54 Å². The molecule has 5 heteroatoms. The minimum Gasteiger partial charge on any atom is -0.387 e. The van der Waals surface area contributed by atoms with Gasteiger partial charge in [-0.15, -0.1) is 0 Å². The van der Waals surface area contributed by atoms with E-state index >= 15 is 0 Å². The topological polar surface area (TPSA) is 62.5 Å². The Hall–Kier alpha value is -2.24. The largest absolute Gasteiger partial charge is 0.387 e. The highest BCUT2D eigenvalue weighted by Crippen LogP contribution is 2.11. The van der Waals surface area contributed by atoms with Crippen LogP contribution in [0, 0.1) is 6.92 Å². The number of aliphatic hydroxyl groups excluding tert-OH is 1. The molecule has 0 bridgehead atoms. The van der Waals surface area contributed by atoms with E-state index in [-0.39, 0.29) is 0 Å². The van der Waals surface area contributed by atoms with Crippen molar-refractivity contribution in [3.8, 4) is 0 Å². The molecule has 3 heterocycles. The summed E-state index contributed by atoms with van der Waals surface area (Å²) >= 11 is 0. The molecule has 5 nitrogen and oxygen atoms in total. The first kappa shape index (κ1) is 13.7. The SMILES string of the molecule is Cc1ccc2ncc(CNCC(O)c3ccncc3)n2c1. The Morgan fingerprint density at radius 3 is 2.86 bits per heavy atom. The van der Waals surface area contributed by atoms with Crippen molar-refractivity contribution in [2.75, 3.05) is 6.54 Å². The van der Waals surface area contributed by atoms with Crippen LogP contribution in [0.25, 0.3) is 5.65 Å². The van der Waals surface area contributed by atoms with Crippen LogP contribution >= 0.6 is 0 Å². The maximum Gasteiger partial charge on any atom is 0.136 e. The average Bonchev–Trinajstić information content (AvgIpc) is 2.90. The van der Waals surface area contributed by atoms with Gasteiger partial charge in [0.1, 0.15) is 5.65 Å². The molecule has 0 fully saturated rings. The van der Waals surface area contributed by atoms with Gasteiger partial charge in [-0.1, -0.05) is 6.07 Å². The van der Waals surface area contributed by atoms with Crippen LogP contribution in [-0.4, -0.2) is 26.0 Å². The molecule has 0 aromatic carbocycles. The zero-order chi connectivity index (χ0) is 14.7. The predicted molar refractivity (Wildman–Crippen MR) is 80.8 cm³/mol. The van der Waals surface area contributed by atoms with Gasteiger partial charge in [-0.25, -0.2) is 4.98 Å². The maximum atomic E-state index is 10.1. The Bertz CT molecular complexity index is 723. The second-order valence-electron chi connectivity index (χ2n) is 5.11. The van der Waals surface area contributed by atoms with Crippen LogP contribution in [0.1, 0.15) is 22.9 Å². The van der Waals surface area contributed by atoms with Crippen molar-refractivity contribution in [3.63, 3.8) is 0 Å². The summed E-state index contributed by atoms with van der Waals surface area (Å²) in [6, 6.07) is 7.70. The molecule has 1 atom stereocenters. The third-order valence-electron chi connectivity index (χ3n) is 3.46. The van der Waals surface area contributed by atoms with Crippen molar-refractivity contribution in [2.45, 2.75) is 19.6 Å². The summed E-state index contributed by atoms with van der Waals surface area (Å²) in [5, 5.41) is 13.4. The lowest BCUT2D eigenvalue weighted by atomic mass is 10.1. The number of pyridine rings is 2. The maximum absolute atomic E-state index is 10.1. The van der Waals surface area contributed by atoms with E-state index in [0.717, 1.165) is 16.9 Å². The van der Waals surface area contributed by atoms with Crippen molar-refractivity contribution >= 4 is 5.65 Å². The molecule has 0 aliphatic rings. The summed E-state index contributed by atoms with van der Waals surface area (Å²) in [5.41, 5.74) is 4.08. The molecule has 0 aliphatic heterocycles. The van der Waals surface area contributed by atoms with E-state index in [1.54, 1.807) is 12.4 Å². The Kier molecular flexibility index (Phi) is 3.94. The second-order valence-corrected chi connectivity index (χ2v) is 5.11. The predicted octanol–water partition coefficient (Wildman–Crippen LogP) is 1.86. The van der Waals surface area contributed by atoms with E-state index < -0.39 is 6.10 Å². The molecule has 3 aromatic rings. The normalized spacial score (nSPS) is 12.7. The molecule has 3 rings (SSSR count). The number of hydrogen-bond acceptors (Lipinski definition) is 4. The zero-order valence-corrected chi connectivity index (χ0v) is 11.9. The van der Waals surface area contributed by atoms with Gasteiger partial charge in [-0.05, 0) is 36.2 Å². The molecule has 0 radical (unpaired) electrons. The van der Waals surface area contributed by atoms with Crippen LogP contribution in [0.3, 0.4) is 0 Å². The standard InChI is InChI=1S/C16H18N4O/c1-12-2-3-16-19-9-14(20(16)11-12)8-18-10-15(21)13-4-6-17-7-5-13/h2-7,9,11,15,18,21H,8,10H2,1H3. The first-order valence-electron chi connectivity index (χ1n) is 6.95. The summed E-state index contributed by atoms with van der Waals surface area (Å²) in [6.07, 6.45) is 6.77. The number of aromatic nitrogens is 3. The van der Waals surface area contributed by atoms with Crippen LogP contribution in [0.2, 0.25) is 0 Å². The molecule has 3 aromatic heterocycles. The summed E-state index contributed by atoms with van der Waals surface area (Å²) in [6.45, 7) is 3.21. The van der Waals surface area contributed by atoms with E-state index in [4.69, 9.17) is 0 Å². The van der Waals surface area contributed by atoms with E-state index in [2.05, 4.69) is 32.8 Å². The fraction of sp³-hybridized carbons (Fsp3) is 0.250. The zero-order valence-electron chi connectivity index (χ0n) is 11.9. The average molecular weight is 282 g/mol. The van der Waals surface area contributed by atoms with Gasteiger partial charge in [-0.3, -0.25) is 4.98 Å². The Labute approximate surface area is 123 Å². The molecular weight excluding hydrogens is 264 g/mol. The summed E-state index contributed by atoms with van der Waals surface area (Å²) in [5.74, 6) is 0. The van der Waals surface area contributed by atoms with Crippen molar-refractivity contribution in [3.05, 3.63) is 65.9 Å². The molecule has 0 amide bonds. The molecule has 21 heavy (non-hydrogen) atoms. The third-order valence-corrected chi connectivity index (χ3v) is 3.46. The van der Waals surface area contributed by atoms with Crippen molar-refractivity contribution in [1.82, 2.24) is 19.7 Å². The van der Waals surface area contributed by atoms with Crippen LogP contribution in [0.15, 0.2) is 49.1 Å². The Balaban J connectivity index is 1.63. The molecule has 2 N–H and O–H groups in total. The van der Waals surface area contributed by atoms with Crippen molar-refractivity contribution in [1.29, 1.82) is 0 Å². The van der Waals surface area contributed by atoms with Gasteiger partial charge in [0, 0.05) is 31.7 Å². The number of nitrogens with zero attached hydrogens (tertiary/aromatic N) is 3. The van der Waals surface area contributed by atoms with Gasteiger partial charge in [-0.2, -0.15) is 0 Å². The highest BCUT2D eigenvalue weighted by molar-refractivity contribution is 5.41. The first-order chi connectivity index (χ1) is 10.2. The van der Waals surface area contributed by atoms with E-state index in [1.807, 2.05) is 30.5 Å². The first-order valence-corrected chi connectivity index (χ1v) is 6.95. The van der Waals surface area contributed by atoms with Gasteiger partial charge in [0.25, 0.3) is 0 Å². The highest BCUT2D eigenvalue weighted by atomic mass is 16.3. The van der Waals surface area contributed by atoms with Crippen molar-refractivity contribution in [2.24, 2.45) is 0 Å².